The molecule has 0 aromatic heterocycles. The van der Waals surface area contributed by atoms with E-state index in [1.54, 1.807) is 18.2 Å². The summed E-state index contributed by atoms with van der Waals surface area (Å²) in [4.78, 5) is 54.0. The van der Waals surface area contributed by atoms with E-state index in [1.165, 1.54) is 50.3 Å². The van der Waals surface area contributed by atoms with Crippen molar-refractivity contribution in [2.45, 2.75) is 25.9 Å². The lowest BCUT2D eigenvalue weighted by molar-refractivity contribution is -0.132. The highest BCUT2D eigenvalue weighted by atomic mass is 16.5. The Balaban J connectivity index is 1.66. The van der Waals surface area contributed by atoms with Gasteiger partial charge >= 0.3 is 5.97 Å². The molecule has 0 bridgehead atoms. The van der Waals surface area contributed by atoms with Gasteiger partial charge in [0.1, 0.15) is 11.8 Å². The minimum Gasteiger partial charge on any atom is -0.493 e. The van der Waals surface area contributed by atoms with E-state index in [1.807, 2.05) is 30.3 Å². The van der Waals surface area contributed by atoms with Gasteiger partial charge in [-0.1, -0.05) is 30.3 Å². The second kappa shape index (κ2) is 10.9. The van der Waals surface area contributed by atoms with Gasteiger partial charge in [-0.2, -0.15) is 0 Å². The first-order chi connectivity index (χ1) is 17.8. The Kier molecular flexibility index (Phi) is 7.52. The van der Waals surface area contributed by atoms with Gasteiger partial charge < -0.3 is 19.1 Å². The molecule has 3 amide bonds. The van der Waals surface area contributed by atoms with Gasteiger partial charge in [0.25, 0.3) is 11.8 Å². The molecule has 0 aliphatic carbocycles. The van der Waals surface area contributed by atoms with Crippen LogP contribution in [0.3, 0.4) is 0 Å². The van der Waals surface area contributed by atoms with Crippen molar-refractivity contribution in [3.63, 3.8) is 0 Å². The molecule has 37 heavy (non-hydrogen) atoms. The number of rotatable bonds is 8. The summed E-state index contributed by atoms with van der Waals surface area (Å²) in [6.07, 6.45) is -0.170. The number of hydrogen-bond acceptors (Lipinski definition) is 7. The monoisotopic (exact) mass is 502 g/mol. The number of amides is 3. The highest BCUT2D eigenvalue weighted by Crippen LogP contribution is 2.31. The first-order valence-electron chi connectivity index (χ1n) is 11.5. The average molecular weight is 503 g/mol. The number of nitrogens with zero attached hydrogens (tertiary/aromatic N) is 2. The van der Waals surface area contributed by atoms with Crippen molar-refractivity contribution in [3.05, 3.63) is 83.9 Å². The quantitative estimate of drug-likeness (QED) is 0.263. The van der Waals surface area contributed by atoms with E-state index < -0.39 is 29.7 Å². The molecule has 9 heteroatoms. The number of methoxy groups -OCH3 is 2. The predicted molar refractivity (Wildman–Crippen MR) is 135 cm³/mol. The lowest BCUT2D eigenvalue weighted by Gasteiger charge is -2.28. The number of ether oxygens (including phenoxy) is 3. The summed E-state index contributed by atoms with van der Waals surface area (Å²) in [5.74, 6) is -0.737. The molecule has 1 saturated heterocycles. The normalized spacial score (nSPS) is 14.9. The van der Waals surface area contributed by atoms with Crippen LogP contribution in [-0.4, -0.2) is 48.9 Å². The van der Waals surface area contributed by atoms with Gasteiger partial charge in [0.15, 0.2) is 11.5 Å². The maximum Gasteiger partial charge on any atom is 0.308 e. The summed E-state index contributed by atoms with van der Waals surface area (Å²) in [5, 5.41) is 0. The third kappa shape index (κ3) is 5.45. The van der Waals surface area contributed by atoms with E-state index in [-0.39, 0.29) is 18.5 Å². The van der Waals surface area contributed by atoms with Gasteiger partial charge in [-0.25, -0.2) is 4.90 Å². The fourth-order valence-corrected chi connectivity index (χ4v) is 4.20. The molecular formula is C28H26N2O7. The van der Waals surface area contributed by atoms with Gasteiger partial charge in [0.2, 0.25) is 5.91 Å². The van der Waals surface area contributed by atoms with Crippen molar-refractivity contribution in [1.29, 1.82) is 0 Å². The zero-order valence-corrected chi connectivity index (χ0v) is 20.7. The highest BCUT2D eigenvalue weighted by Gasteiger charge is 2.44. The van der Waals surface area contributed by atoms with Gasteiger partial charge in [-0.15, -0.1) is 0 Å². The minimum atomic E-state index is -1.01. The fraction of sp³-hybridized carbons (Fsp3) is 0.214. The molecule has 1 aliphatic rings. The Morgan fingerprint density at radius 2 is 1.59 bits per heavy atom. The second-order valence-corrected chi connectivity index (χ2v) is 8.36. The Labute approximate surface area is 214 Å². The van der Waals surface area contributed by atoms with Gasteiger partial charge in [-0.3, -0.25) is 19.2 Å². The molecule has 4 rings (SSSR count). The van der Waals surface area contributed by atoms with Crippen molar-refractivity contribution in [2.75, 3.05) is 19.1 Å². The SMILES string of the molecule is COc1ccc(C(=O)N(Cc2ccccc2)C2CC(=O)N(c3ccc(OC(C)=O)cc3)C2=O)cc1OC. The van der Waals surface area contributed by atoms with Gasteiger partial charge in [0.05, 0.1) is 26.3 Å². The van der Waals surface area contributed by atoms with E-state index >= 15 is 0 Å². The summed E-state index contributed by atoms with van der Waals surface area (Å²) in [6, 6.07) is 19.0. The van der Waals surface area contributed by atoms with Crippen LogP contribution in [0.25, 0.3) is 0 Å². The van der Waals surface area contributed by atoms with Crippen molar-refractivity contribution >= 4 is 29.4 Å². The van der Waals surface area contributed by atoms with Crippen LogP contribution in [0.15, 0.2) is 72.8 Å². The van der Waals surface area contributed by atoms with Crippen LogP contribution in [-0.2, 0) is 20.9 Å². The highest BCUT2D eigenvalue weighted by molar-refractivity contribution is 6.23. The van der Waals surface area contributed by atoms with E-state index in [2.05, 4.69) is 0 Å². The summed E-state index contributed by atoms with van der Waals surface area (Å²) in [6.45, 7) is 1.40. The first kappa shape index (κ1) is 25.4. The lowest BCUT2D eigenvalue weighted by Crippen LogP contribution is -2.45. The summed E-state index contributed by atoms with van der Waals surface area (Å²) < 4.78 is 15.6. The van der Waals surface area contributed by atoms with Crippen LogP contribution >= 0.6 is 0 Å². The molecule has 1 atom stereocenters. The van der Waals surface area contributed by atoms with Crippen LogP contribution in [0.1, 0.15) is 29.3 Å². The van der Waals surface area contributed by atoms with Crippen LogP contribution in [0, 0.1) is 0 Å². The molecule has 0 radical (unpaired) electrons. The molecule has 0 saturated carbocycles. The standard InChI is InChI=1S/C28H26N2O7/c1-18(31)37-22-12-10-21(11-13-22)30-26(32)16-23(28(30)34)29(17-19-7-5-4-6-8-19)27(33)20-9-14-24(35-2)25(15-20)36-3/h4-15,23H,16-17H2,1-3H3. The molecule has 1 aliphatic heterocycles. The summed E-state index contributed by atoms with van der Waals surface area (Å²) in [7, 11) is 2.97. The number of hydrogen-bond donors (Lipinski definition) is 0. The first-order valence-corrected chi connectivity index (χ1v) is 11.5. The molecule has 190 valence electrons. The molecule has 3 aromatic rings. The number of esters is 1. The summed E-state index contributed by atoms with van der Waals surface area (Å²) >= 11 is 0. The summed E-state index contributed by atoms with van der Waals surface area (Å²) in [5.41, 5.74) is 1.42. The molecule has 1 unspecified atom stereocenters. The van der Waals surface area contributed by atoms with E-state index in [9.17, 15) is 19.2 Å². The predicted octanol–water partition coefficient (Wildman–Crippen LogP) is 3.60. The maximum atomic E-state index is 13.7. The van der Waals surface area contributed by atoms with Crippen molar-refractivity contribution < 1.29 is 33.4 Å². The Hall–Kier alpha value is -4.66. The molecular weight excluding hydrogens is 476 g/mol. The van der Waals surface area contributed by atoms with Crippen LogP contribution < -0.4 is 19.1 Å². The zero-order chi connectivity index (χ0) is 26.5. The molecule has 0 N–H and O–H groups in total. The topological polar surface area (TPSA) is 102 Å². The third-order valence-electron chi connectivity index (χ3n) is 5.94. The molecule has 9 nitrogen and oxygen atoms in total. The number of carbonyl (C=O) groups is 4. The van der Waals surface area contributed by atoms with E-state index in [4.69, 9.17) is 14.2 Å². The third-order valence-corrected chi connectivity index (χ3v) is 5.94. The number of benzene rings is 3. The average Bonchev–Trinajstić information content (AvgIpc) is 3.20. The Morgan fingerprint density at radius 1 is 0.919 bits per heavy atom. The number of anilines is 1. The zero-order valence-electron chi connectivity index (χ0n) is 20.7. The number of imide groups is 1. The Bertz CT molecular complexity index is 1320. The molecule has 1 fully saturated rings. The Morgan fingerprint density at radius 3 is 2.22 bits per heavy atom. The smallest absolute Gasteiger partial charge is 0.308 e. The van der Waals surface area contributed by atoms with Crippen LogP contribution in [0.5, 0.6) is 17.2 Å². The van der Waals surface area contributed by atoms with E-state index in [0.717, 1.165) is 10.5 Å². The minimum absolute atomic E-state index is 0.122. The number of carbonyl (C=O) groups excluding carboxylic acids is 4. The molecule has 0 spiro atoms. The molecule has 1 heterocycles. The van der Waals surface area contributed by atoms with E-state index in [0.29, 0.717) is 22.9 Å². The molecule has 3 aromatic carbocycles. The second-order valence-electron chi connectivity index (χ2n) is 8.36. The van der Waals surface area contributed by atoms with Gasteiger partial charge in [-0.05, 0) is 48.0 Å². The fourth-order valence-electron chi connectivity index (χ4n) is 4.20. The van der Waals surface area contributed by atoms with Crippen molar-refractivity contribution in [2.24, 2.45) is 0 Å². The van der Waals surface area contributed by atoms with Crippen LogP contribution in [0.4, 0.5) is 5.69 Å². The largest absolute Gasteiger partial charge is 0.493 e. The van der Waals surface area contributed by atoms with Crippen molar-refractivity contribution in [1.82, 2.24) is 4.90 Å². The maximum absolute atomic E-state index is 13.7. The van der Waals surface area contributed by atoms with Crippen LogP contribution in [0.2, 0.25) is 0 Å². The van der Waals surface area contributed by atoms with Crippen molar-refractivity contribution in [3.8, 4) is 17.2 Å². The lowest BCUT2D eigenvalue weighted by atomic mass is 10.1. The van der Waals surface area contributed by atoms with Gasteiger partial charge in [0, 0.05) is 19.0 Å².